The van der Waals surface area contributed by atoms with Gasteiger partial charge in [-0.15, -0.1) is 11.8 Å². The maximum Gasteiger partial charge on any atom is 0.0113 e. The summed E-state index contributed by atoms with van der Waals surface area (Å²) in [6.07, 6.45) is 5.33. The molecule has 2 heteroatoms. The van der Waals surface area contributed by atoms with E-state index in [4.69, 9.17) is 5.73 Å². The fraction of sp³-hybridized carbons (Fsp3) is 0.571. The lowest BCUT2D eigenvalue weighted by atomic mass is 9.89. The fourth-order valence-electron chi connectivity index (χ4n) is 2.45. The second-order valence-electron chi connectivity index (χ2n) is 5.26. The second kappa shape index (κ2) is 3.78. The van der Waals surface area contributed by atoms with Gasteiger partial charge in [-0.3, -0.25) is 0 Å². The fourth-order valence-corrected chi connectivity index (χ4v) is 3.74. The molecule has 2 saturated carbocycles. The smallest absolute Gasteiger partial charge is 0.0113 e. The van der Waals surface area contributed by atoms with Gasteiger partial charge in [-0.25, -0.2) is 0 Å². The van der Waals surface area contributed by atoms with Crippen LogP contribution in [-0.2, 0) is 5.41 Å². The van der Waals surface area contributed by atoms with Crippen LogP contribution in [-0.4, -0.2) is 11.3 Å². The van der Waals surface area contributed by atoms with Crippen LogP contribution in [0.5, 0.6) is 0 Å². The van der Waals surface area contributed by atoms with Crippen molar-refractivity contribution in [2.75, 3.05) is 0 Å². The van der Waals surface area contributed by atoms with Crippen LogP contribution in [0.15, 0.2) is 29.2 Å². The van der Waals surface area contributed by atoms with Crippen LogP contribution in [0.25, 0.3) is 0 Å². The van der Waals surface area contributed by atoms with Crippen LogP contribution < -0.4 is 5.73 Å². The quantitative estimate of drug-likeness (QED) is 0.863. The third-order valence-electron chi connectivity index (χ3n) is 3.90. The molecule has 1 atom stereocenters. The Bertz CT molecular complexity index is 391. The molecule has 0 saturated heterocycles. The highest BCUT2D eigenvalue weighted by Crippen LogP contribution is 2.54. The first kappa shape index (κ1) is 10.7. The van der Waals surface area contributed by atoms with Crippen LogP contribution >= 0.6 is 11.8 Å². The Morgan fingerprint density at radius 3 is 2.56 bits per heavy atom. The number of hydrogen-bond acceptors (Lipinski definition) is 2. The van der Waals surface area contributed by atoms with Crippen LogP contribution in [0.4, 0.5) is 0 Å². The monoisotopic (exact) mass is 233 g/mol. The summed E-state index contributed by atoms with van der Waals surface area (Å²) in [5, 5.41) is 0.880. The minimum Gasteiger partial charge on any atom is -0.327 e. The van der Waals surface area contributed by atoms with Crippen molar-refractivity contribution in [3.8, 4) is 0 Å². The zero-order valence-corrected chi connectivity index (χ0v) is 10.6. The minimum absolute atomic E-state index is 0.286. The molecule has 2 fully saturated rings. The van der Waals surface area contributed by atoms with Crippen LogP contribution in [0, 0.1) is 0 Å². The highest BCUT2D eigenvalue weighted by Gasteiger charge is 2.48. The molecule has 2 aliphatic carbocycles. The summed E-state index contributed by atoms with van der Waals surface area (Å²) in [4.78, 5) is 1.49. The molecule has 2 N–H and O–H groups in total. The lowest BCUT2D eigenvalue weighted by molar-refractivity contribution is 0.548. The molecule has 1 aromatic carbocycles. The second-order valence-corrected chi connectivity index (χ2v) is 6.60. The van der Waals surface area contributed by atoms with Gasteiger partial charge in [0.15, 0.2) is 0 Å². The molecule has 1 aromatic rings. The molecule has 1 nitrogen and oxygen atoms in total. The average molecular weight is 233 g/mol. The van der Waals surface area contributed by atoms with Crippen LogP contribution in [0.1, 0.15) is 38.2 Å². The SMILES string of the molecule is CC(N)C1(c2ccccc2SC2CC2)CC1. The highest BCUT2D eigenvalue weighted by atomic mass is 32.2. The van der Waals surface area contributed by atoms with Crippen LogP contribution in [0.3, 0.4) is 0 Å². The van der Waals surface area contributed by atoms with Gasteiger partial charge in [0.2, 0.25) is 0 Å². The highest BCUT2D eigenvalue weighted by molar-refractivity contribution is 8.00. The van der Waals surface area contributed by atoms with E-state index in [-0.39, 0.29) is 6.04 Å². The van der Waals surface area contributed by atoms with Gasteiger partial charge in [-0.05, 0) is 44.2 Å². The molecule has 1 unspecified atom stereocenters. The molecular formula is C14H19NS. The summed E-state index contributed by atoms with van der Waals surface area (Å²) < 4.78 is 0. The molecule has 0 aliphatic heterocycles. The van der Waals surface area contributed by atoms with E-state index in [0.29, 0.717) is 5.41 Å². The summed E-state index contributed by atoms with van der Waals surface area (Å²) in [5.74, 6) is 0. The molecule has 0 amide bonds. The van der Waals surface area contributed by atoms with E-state index >= 15 is 0 Å². The average Bonchev–Trinajstić information content (AvgIpc) is 3.13. The largest absolute Gasteiger partial charge is 0.327 e. The van der Waals surface area contributed by atoms with Gasteiger partial charge < -0.3 is 5.73 Å². The first-order valence-electron chi connectivity index (χ1n) is 6.24. The minimum atomic E-state index is 0.286. The first-order valence-corrected chi connectivity index (χ1v) is 7.12. The summed E-state index contributed by atoms with van der Waals surface area (Å²) in [6.45, 7) is 2.16. The Kier molecular flexibility index (Phi) is 2.52. The number of hydrogen-bond donors (Lipinski definition) is 1. The van der Waals surface area contributed by atoms with Gasteiger partial charge in [-0.2, -0.15) is 0 Å². The third-order valence-corrected chi connectivity index (χ3v) is 5.32. The van der Waals surface area contributed by atoms with E-state index in [1.807, 2.05) is 0 Å². The standard InChI is InChI=1S/C14H19NS/c1-10(15)14(8-9-14)12-4-2-3-5-13(12)16-11-6-7-11/h2-5,10-11H,6-9,15H2,1H3. The molecule has 3 rings (SSSR count). The topological polar surface area (TPSA) is 26.0 Å². The Morgan fingerprint density at radius 1 is 1.31 bits per heavy atom. The molecule has 0 radical (unpaired) electrons. The Labute approximate surface area is 102 Å². The Morgan fingerprint density at radius 2 is 2.00 bits per heavy atom. The van der Waals surface area contributed by atoms with E-state index < -0.39 is 0 Å². The van der Waals surface area contributed by atoms with Gasteiger partial charge in [0, 0.05) is 21.6 Å². The van der Waals surface area contributed by atoms with Crippen molar-refractivity contribution in [3.05, 3.63) is 29.8 Å². The molecule has 86 valence electrons. The van der Waals surface area contributed by atoms with Gasteiger partial charge in [0.1, 0.15) is 0 Å². The summed E-state index contributed by atoms with van der Waals surface area (Å²) in [5.41, 5.74) is 7.99. The predicted molar refractivity (Wildman–Crippen MR) is 69.9 cm³/mol. The van der Waals surface area contributed by atoms with Gasteiger partial charge in [0.25, 0.3) is 0 Å². The number of benzene rings is 1. The van der Waals surface area contributed by atoms with Gasteiger partial charge >= 0.3 is 0 Å². The lowest BCUT2D eigenvalue weighted by Gasteiger charge is -2.23. The molecule has 16 heavy (non-hydrogen) atoms. The zero-order chi connectivity index (χ0) is 11.2. The maximum atomic E-state index is 6.17. The summed E-state index contributed by atoms with van der Waals surface area (Å²) in [7, 11) is 0. The van der Waals surface area contributed by atoms with Crippen molar-refractivity contribution >= 4 is 11.8 Å². The van der Waals surface area contributed by atoms with Gasteiger partial charge in [0.05, 0.1) is 0 Å². The Balaban J connectivity index is 1.93. The van der Waals surface area contributed by atoms with Crippen molar-refractivity contribution in [2.24, 2.45) is 5.73 Å². The molecule has 0 heterocycles. The normalized spacial score (nSPS) is 24.1. The van der Waals surface area contributed by atoms with Crippen molar-refractivity contribution < 1.29 is 0 Å². The number of nitrogens with two attached hydrogens (primary N) is 1. The molecule has 0 aromatic heterocycles. The van der Waals surface area contributed by atoms with E-state index in [1.165, 1.54) is 36.1 Å². The van der Waals surface area contributed by atoms with E-state index in [1.54, 1.807) is 0 Å². The van der Waals surface area contributed by atoms with E-state index in [9.17, 15) is 0 Å². The van der Waals surface area contributed by atoms with Crippen molar-refractivity contribution in [1.29, 1.82) is 0 Å². The molecule has 0 spiro atoms. The molecular weight excluding hydrogens is 214 g/mol. The number of rotatable bonds is 4. The summed E-state index contributed by atoms with van der Waals surface area (Å²) >= 11 is 2.06. The van der Waals surface area contributed by atoms with Crippen molar-refractivity contribution in [3.63, 3.8) is 0 Å². The maximum absolute atomic E-state index is 6.17. The summed E-state index contributed by atoms with van der Waals surface area (Å²) in [6, 6.07) is 9.18. The molecule has 2 aliphatic rings. The van der Waals surface area contributed by atoms with E-state index in [2.05, 4.69) is 43.0 Å². The number of thioether (sulfide) groups is 1. The Hall–Kier alpha value is -0.470. The zero-order valence-electron chi connectivity index (χ0n) is 9.78. The van der Waals surface area contributed by atoms with Crippen molar-refractivity contribution in [1.82, 2.24) is 0 Å². The van der Waals surface area contributed by atoms with Crippen LogP contribution in [0.2, 0.25) is 0 Å². The third kappa shape index (κ3) is 1.78. The van der Waals surface area contributed by atoms with E-state index in [0.717, 1.165) is 5.25 Å². The molecule has 0 bridgehead atoms. The predicted octanol–water partition coefficient (Wildman–Crippen LogP) is 3.32. The lowest BCUT2D eigenvalue weighted by Crippen LogP contribution is -2.31. The van der Waals surface area contributed by atoms with Gasteiger partial charge in [-0.1, -0.05) is 18.2 Å². The first-order chi connectivity index (χ1) is 7.72. The van der Waals surface area contributed by atoms with Crippen molar-refractivity contribution in [2.45, 2.75) is 54.2 Å².